The Hall–Kier alpha value is -2.27. The SMILES string of the molecule is Cc1nnccc1C(=O)N1CCC(OCCCc2ccccc2)C1. The van der Waals surface area contributed by atoms with Crippen molar-refractivity contribution in [1.29, 1.82) is 0 Å². The zero-order valence-corrected chi connectivity index (χ0v) is 14.0. The van der Waals surface area contributed by atoms with E-state index in [9.17, 15) is 4.79 Å². The van der Waals surface area contributed by atoms with Crippen LogP contribution >= 0.6 is 0 Å². The average molecular weight is 325 g/mol. The first-order chi connectivity index (χ1) is 11.7. The molecular weight excluding hydrogens is 302 g/mol. The molecule has 1 unspecified atom stereocenters. The van der Waals surface area contributed by atoms with Crippen LogP contribution in [0.5, 0.6) is 0 Å². The zero-order chi connectivity index (χ0) is 16.8. The van der Waals surface area contributed by atoms with Crippen LogP contribution in [0.4, 0.5) is 0 Å². The van der Waals surface area contributed by atoms with Crippen LogP contribution in [-0.4, -0.2) is 46.8 Å². The number of amides is 1. The molecule has 0 spiro atoms. The lowest BCUT2D eigenvalue weighted by molar-refractivity contribution is 0.0524. The normalized spacial score (nSPS) is 17.2. The summed E-state index contributed by atoms with van der Waals surface area (Å²) in [7, 11) is 0. The molecule has 0 aliphatic carbocycles. The molecule has 1 aromatic carbocycles. The number of rotatable bonds is 6. The van der Waals surface area contributed by atoms with Crippen molar-refractivity contribution < 1.29 is 9.53 Å². The van der Waals surface area contributed by atoms with Gasteiger partial charge in [-0.25, -0.2) is 0 Å². The molecule has 2 aromatic rings. The molecule has 1 amide bonds. The number of hydrogen-bond donors (Lipinski definition) is 0. The molecule has 2 heterocycles. The summed E-state index contributed by atoms with van der Waals surface area (Å²) >= 11 is 0. The van der Waals surface area contributed by atoms with Crippen LogP contribution in [0.25, 0.3) is 0 Å². The lowest BCUT2D eigenvalue weighted by atomic mass is 10.1. The monoisotopic (exact) mass is 325 g/mol. The van der Waals surface area contributed by atoms with E-state index in [1.807, 2.05) is 17.9 Å². The van der Waals surface area contributed by atoms with E-state index in [0.29, 0.717) is 17.8 Å². The molecular formula is C19H23N3O2. The largest absolute Gasteiger partial charge is 0.376 e. The third kappa shape index (κ3) is 4.17. The molecule has 5 heteroatoms. The molecule has 1 atom stereocenters. The lowest BCUT2D eigenvalue weighted by Gasteiger charge is -2.17. The summed E-state index contributed by atoms with van der Waals surface area (Å²) in [6.45, 7) is 3.95. The van der Waals surface area contributed by atoms with Gasteiger partial charge in [-0.2, -0.15) is 10.2 Å². The van der Waals surface area contributed by atoms with Crippen LogP contribution in [-0.2, 0) is 11.2 Å². The van der Waals surface area contributed by atoms with Gasteiger partial charge in [0.25, 0.3) is 5.91 Å². The summed E-state index contributed by atoms with van der Waals surface area (Å²) < 4.78 is 5.95. The molecule has 1 aliphatic heterocycles. The highest BCUT2D eigenvalue weighted by atomic mass is 16.5. The topological polar surface area (TPSA) is 55.3 Å². The van der Waals surface area contributed by atoms with Crippen molar-refractivity contribution in [2.24, 2.45) is 0 Å². The van der Waals surface area contributed by atoms with Crippen LogP contribution in [0.15, 0.2) is 42.6 Å². The van der Waals surface area contributed by atoms with E-state index in [1.54, 1.807) is 12.3 Å². The molecule has 0 N–H and O–H groups in total. The molecule has 1 aliphatic rings. The lowest BCUT2D eigenvalue weighted by Crippen LogP contribution is -2.31. The summed E-state index contributed by atoms with van der Waals surface area (Å²) in [5.74, 6) is 0.0257. The summed E-state index contributed by atoms with van der Waals surface area (Å²) in [6.07, 6.45) is 4.63. The number of carbonyl (C=O) groups is 1. The minimum absolute atomic E-state index is 0.0257. The average Bonchev–Trinajstić information content (AvgIpc) is 3.08. The smallest absolute Gasteiger partial charge is 0.255 e. The number of carbonyl (C=O) groups excluding carboxylic acids is 1. The Kier molecular flexibility index (Phi) is 5.54. The fraction of sp³-hybridized carbons (Fsp3) is 0.421. The fourth-order valence-electron chi connectivity index (χ4n) is 3.02. The number of likely N-dealkylation sites (tertiary alicyclic amines) is 1. The fourth-order valence-corrected chi connectivity index (χ4v) is 3.02. The second kappa shape index (κ2) is 8.02. The minimum atomic E-state index is 0.0257. The van der Waals surface area contributed by atoms with Crippen molar-refractivity contribution >= 4 is 5.91 Å². The first kappa shape index (κ1) is 16.6. The molecule has 1 saturated heterocycles. The van der Waals surface area contributed by atoms with Crippen molar-refractivity contribution in [3.05, 3.63) is 59.4 Å². The predicted molar refractivity (Wildman–Crippen MR) is 91.8 cm³/mol. The van der Waals surface area contributed by atoms with Crippen molar-refractivity contribution in [3.63, 3.8) is 0 Å². The zero-order valence-electron chi connectivity index (χ0n) is 14.0. The van der Waals surface area contributed by atoms with Crippen LogP contribution in [0.1, 0.15) is 34.5 Å². The quantitative estimate of drug-likeness (QED) is 0.766. The van der Waals surface area contributed by atoms with Gasteiger partial charge >= 0.3 is 0 Å². The number of nitrogens with zero attached hydrogens (tertiary/aromatic N) is 3. The Bertz CT molecular complexity index is 675. The number of hydrogen-bond acceptors (Lipinski definition) is 4. The molecule has 126 valence electrons. The molecule has 1 aromatic heterocycles. The Morgan fingerprint density at radius 3 is 2.92 bits per heavy atom. The molecule has 0 saturated carbocycles. The van der Waals surface area contributed by atoms with E-state index < -0.39 is 0 Å². The van der Waals surface area contributed by atoms with Gasteiger partial charge in [-0.15, -0.1) is 0 Å². The number of aryl methyl sites for hydroxylation is 2. The predicted octanol–water partition coefficient (Wildman–Crippen LogP) is 2.65. The van der Waals surface area contributed by atoms with Crippen LogP contribution in [0.2, 0.25) is 0 Å². The van der Waals surface area contributed by atoms with E-state index in [4.69, 9.17) is 4.74 Å². The highest BCUT2D eigenvalue weighted by Gasteiger charge is 2.28. The van der Waals surface area contributed by atoms with Crippen molar-refractivity contribution in [2.45, 2.75) is 32.3 Å². The standard InChI is InChI=1S/C19H23N3O2/c1-15-18(9-11-20-21-15)19(23)22-12-10-17(14-22)24-13-5-8-16-6-3-2-4-7-16/h2-4,6-7,9,11,17H,5,8,10,12-14H2,1H3. The molecule has 0 radical (unpaired) electrons. The van der Waals surface area contributed by atoms with Gasteiger partial charge in [-0.3, -0.25) is 4.79 Å². The van der Waals surface area contributed by atoms with Gasteiger partial charge in [0.1, 0.15) is 0 Å². The van der Waals surface area contributed by atoms with Crippen LogP contribution < -0.4 is 0 Å². The van der Waals surface area contributed by atoms with Gasteiger partial charge in [0.2, 0.25) is 0 Å². The van der Waals surface area contributed by atoms with E-state index in [0.717, 1.165) is 32.4 Å². The van der Waals surface area contributed by atoms with Gasteiger partial charge in [0.15, 0.2) is 0 Å². The van der Waals surface area contributed by atoms with E-state index in [2.05, 4.69) is 34.5 Å². The molecule has 0 bridgehead atoms. The maximum absolute atomic E-state index is 12.5. The second-order valence-corrected chi connectivity index (χ2v) is 6.15. The van der Waals surface area contributed by atoms with Gasteiger partial charge < -0.3 is 9.64 Å². The first-order valence-electron chi connectivity index (χ1n) is 8.47. The maximum Gasteiger partial charge on any atom is 0.255 e. The summed E-state index contributed by atoms with van der Waals surface area (Å²) in [4.78, 5) is 14.4. The Labute approximate surface area is 142 Å². The Balaban J connectivity index is 1.42. The van der Waals surface area contributed by atoms with Gasteiger partial charge in [0.05, 0.1) is 23.6 Å². The van der Waals surface area contributed by atoms with Gasteiger partial charge in [0, 0.05) is 19.7 Å². The molecule has 5 nitrogen and oxygen atoms in total. The molecule has 24 heavy (non-hydrogen) atoms. The maximum atomic E-state index is 12.5. The minimum Gasteiger partial charge on any atom is -0.376 e. The van der Waals surface area contributed by atoms with Gasteiger partial charge in [-0.1, -0.05) is 30.3 Å². The van der Waals surface area contributed by atoms with E-state index in [1.165, 1.54) is 5.56 Å². The van der Waals surface area contributed by atoms with E-state index in [-0.39, 0.29) is 12.0 Å². The van der Waals surface area contributed by atoms with Gasteiger partial charge in [-0.05, 0) is 37.8 Å². The highest BCUT2D eigenvalue weighted by molar-refractivity contribution is 5.95. The van der Waals surface area contributed by atoms with Crippen LogP contribution in [0, 0.1) is 6.92 Å². The summed E-state index contributed by atoms with van der Waals surface area (Å²) in [5.41, 5.74) is 2.65. The molecule has 1 fully saturated rings. The highest BCUT2D eigenvalue weighted by Crippen LogP contribution is 2.17. The third-order valence-corrected chi connectivity index (χ3v) is 4.37. The summed E-state index contributed by atoms with van der Waals surface area (Å²) in [5, 5.41) is 7.75. The number of benzene rings is 1. The number of ether oxygens (including phenoxy) is 1. The third-order valence-electron chi connectivity index (χ3n) is 4.37. The van der Waals surface area contributed by atoms with Crippen LogP contribution in [0.3, 0.4) is 0 Å². The first-order valence-corrected chi connectivity index (χ1v) is 8.47. The van der Waals surface area contributed by atoms with E-state index >= 15 is 0 Å². The molecule has 3 rings (SSSR count). The Morgan fingerprint density at radius 1 is 1.29 bits per heavy atom. The Morgan fingerprint density at radius 2 is 2.12 bits per heavy atom. The second-order valence-electron chi connectivity index (χ2n) is 6.15. The number of aromatic nitrogens is 2. The summed E-state index contributed by atoms with van der Waals surface area (Å²) in [6, 6.07) is 12.2. The van der Waals surface area contributed by atoms with Crippen molar-refractivity contribution in [2.75, 3.05) is 19.7 Å². The van der Waals surface area contributed by atoms with Crippen molar-refractivity contribution in [3.8, 4) is 0 Å². The van der Waals surface area contributed by atoms with Crippen molar-refractivity contribution in [1.82, 2.24) is 15.1 Å².